The highest BCUT2D eigenvalue weighted by atomic mass is 19.1. The number of methoxy groups -OCH3 is 1. The number of carbonyl (C=O) groups is 1. The van der Waals surface area contributed by atoms with Gasteiger partial charge >= 0.3 is 6.03 Å². The van der Waals surface area contributed by atoms with Crippen LogP contribution in [0.4, 0.5) is 15.0 Å². The van der Waals surface area contributed by atoms with E-state index >= 15 is 0 Å². The van der Waals surface area contributed by atoms with Gasteiger partial charge in [-0.25, -0.2) is 19.2 Å². The molecule has 10 heteroatoms. The summed E-state index contributed by atoms with van der Waals surface area (Å²) in [4.78, 5) is 32.7. The molecule has 0 spiro atoms. The summed E-state index contributed by atoms with van der Waals surface area (Å²) in [5, 5.41) is 3.04. The van der Waals surface area contributed by atoms with E-state index in [4.69, 9.17) is 4.74 Å². The Hall–Kier alpha value is -2.59. The number of ether oxygens (including phenoxy) is 1. The van der Waals surface area contributed by atoms with Crippen LogP contribution in [0.15, 0.2) is 22.3 Å². The monoisotopic (exact) mass is 459 g/mol. The number of nitrogens with zero attached hydrogens (tertiary/aromatic N) is 6. The molecule has 180 valence electrons. The molecule has 0 unspecified atom stereocenters. The lowest BCUT2D eigenvalue weighted by molar-refractivity contribution is 0.0119. The first-order valence-corrected chi connectivity index (χ1v) is 11.3. The number of aromatic nitrogens is 2. The van der Waals surface area contributed by atoms with E-state index in [1.54, 1.807) is 0 Å². The molecule has 0 saturated carbocycles. The van der Waals surface area contributed by atoms with Crippen LogP contribution >= 0.6 is 0 Å². The maximum absolute atomic E-state index is 14.4. The van der Waals surface area contributed by atoms with Gasteiger partial charge in [0.05, 0.1) is 24.8 Å². The van der Waals surface area contributed by atoms with Crippen LogP contribution in [0, 0.1) is 5.82 Å². The van der Waals surface area contributed by atoms with Crippen LogP contribution in [0.3, 0.4) is 0 Å². The van der Waals surface area contributed by atoms with Gasteiger partial charge in [0.15, 0.2) is 17.5 Å². The van der Waals surface area contributed by atoms with Crippen molar-refractivity contribution in [1.82, 2.24) is 24.7 Å². The molecule has 3 aliphatic rings. The number of likely N-dealkylation sites (N-methyl/N-ethyl adjacent to an activating group) is 1. The number of aliphatic imine (C=N–C) groups is 1. The predicted octanol–water partition coefficient (Wildman–Crippen LogP) is 2.51. The van der Waals surface area contributed by atoms with E-state index in [1.807, 2.05) is 9.80 Å². The second kappa shape index (κ2) is 8.32. The molecule has 0 aliphatic carbocycles. The molecule has 3 aliphatic heterocycles. The van der Waals surface area contributed by atoms with Crippen molar-refractivity contribution < 1.29 is 13.9 Å². The number of amidine groups is 1. The maximum atomic E-state index is 14.4. The van der Waals surface area contributed by atoms with E-state index in [0.29, 0.717) is 31.3 Å². The van der Waals surface area contributed by atoms with E-state index in [2.05, 4.69) is 66.8 Å². The van der Waals surface area contributed by atoms with Crippen LogP contribution in [0.1, 0.15) is 40.4 Å². The van der Waals surface area contributed by atoms with Gasteiger partial charge in [0, 0.05) is 37.4 Å². The summed E-state index contributed by atoms with van der Waals surface area (Å²) >= 11 is 0. The second-order valence-electron chi connectivity index (χ2n) is 10.3. The molecule has 1 saturated heterocycles. The Balaban J connectivity index is 1.54. The number of hydrogen-bond donors (Lipinski definition) is 1. The summed E-state index contributed by atoms with van der Waals surface area (Å²) < 4.78 is 19.4. The molecule has 9 nitrogen and oxygen atoms in total. The Morgan fingerprint density at radius 3 is 2.76 bits per heavy atom. The number of carbonyl (C=O) groups excluding carboxylic acids is 1. The van der Waals surface area contributed by atoms with Gasteiger partial charge in [-0.3, -0.25) is 9.89 Å². The fourth-order valence-electron chi connectivity index (χ4n) is 4.81. The molecular formula is C23H34FN7O2. The number of urea groups is 1. The average molecular weight is 460 g/mol. The summed E-state index contributed by atoms with van der Waals surface area (Å²) in [6.07, 6.45) is 1.12. The largest absolute Gasteiger partial charge is 0.377 e. The zero-order chi connectivity index (χ0) is 24.1. The van der Waals surface area contributed by atoms with Crippen molar-refractivity contribution in [2.45, 2.75) is 58.3 Å². The zero-order valence-corrected chi connectivity index (χ0v) is 20.6. The van der Waals surface area contributed by atoms with Gasteiger partial charge in [-0.2, -0.15) is 0 Å². The molecule has 1 aromatic rings. The fraction of sp³-hybridized carbons (Fsp3) is 0.652. The zero-order valence-electron chi connectivity index (χ0n) is 20.6. The van der Waals surface area contributed by atoms with Crippen LogP contribution < -0.4 is 5.32 Å². The molecular weight excluding hydrogens is 425 g/mol. The molecule has 0 radical (unpaired) electrons. The standard InChI is InChI=1S/C23H34FN7O2/c1-14-10-29(6)22(2,3)13-30(14)21(32)31-11-15-16(23(31,4)5)8-26-19(15)28-20-17(24)9-25-18(27-20)12-33-7/h9,14H,8,10-13H2,1-7H3,(H,25,26,27,28)/t14-/m0/s1. The van der Waals surface area contributed by atoms with Gasteiger partial charge in [-0.1, -0.05) is 0 Å². The average Bonchev–Trinajstić information content (AvgIpc) is 3.25. The molecule has 33 heavy (non-hydrogen) atoms. The van der Waals surface area contributed by atoms with Gasteiger partial charge in [-0.15, -0.1) is 0 Å². The molecule has 1 atom stereocenters. The number of halogens is 1. The summed E-state index contributed by atoms with van der Waals surface area (Å²) in [7, 11) is 3.64. The Morgan fingerprint density at radius 1 is 1.33 bits per heavy atom. The number of piperazine rings is 1. The fourth-order valence-corrected chi connectivity index (χ4v) is 4.81. The van der Waals surface area contributed by atoms with Crippen molar-refractivity contribution in [2.75, 3.05) is 45.7 Å². The van der Waals surface area contributed by atoms with Gasteiger partial charge in [0.25, 0.3) is 0 Å². The molecule has 1 N–H and O–H groups in total. The molecule has 1 aromatic heterocycles. The number of hydrogen-bond acceptors (Lipinski definition) is 7. The smallest absolute Gasteiger partial charge is 0.321 e. The van der Waals surface area contributed by atoms with Gasteiger partial charge in [-0.05, 0) is 47.2 Å². The summed E-state index contributed by atoms with van der Waals surface area (Å²) in [6.45, 7) is 13.1. The molecule has 0 bridgehead atoms. The van der Waals surface area contributed by atoms with Crippen LogP contribution in [-0.2, 0) is 11.3 Å². The normalized spacial score (nSPS) is 24.2. The highest BCUT2D eigenvalue weighted by Gasteiger charge is 2.48. The maximum Gasteiger partial charge on any atom is 0.321 e. The minimum absolute atomic E-state index is 0.0259. The first kappa shape index (κ1) is 23.6. The van der Waals surface area contributed by atoms with Crippen LogP contribution in [0.25, 0.3) is 0 Å². The van der Waals surface area contributed by atoms with Crippen molar-refractivity contribution in [3.05, 3.63) is 29.0 Å². The Labute approximate surface area is 194 Å². The minimum atomic E-state index is -0.565. The summed E-state index contributed by atoms with van der Waals surface area (Å²) in [6, 6.07) is 0.139. The predicted molar refractivity (Wildman–Crippen MR) is 125 cm³/mol. The van der Waals surface area contributed by atoms with Crippen LogP contribution in [0.2, 0.25) is 0 Å². The van der Waals surface area contributed by atoms with E-state index in [0.717, 1.165) is 23.9 Å². The molecule has 4 rings (SSSR count). The van der Waals surface area contributed by atoms with E-state index in [9.17, 15) is 9.18 Å². The lowest BCUT2D eigenvalue weighted by Crippen LogP contribution is -2.65. The van der Waals surface area contributed by atoms with Crippen molar-refractivity contribution in [1.29, 1.82) is 0 Å². The Morgan fingerprint density at radius 2 is 2.06 bits per heavy atom. The van der Waals surface area contributed by atoms with Gasteiger partial charge in [0.1, 0.15) is 12.4 Å². The van der Waals surface area contributed by atoms with Crippen molar-refractivity contribution >= 4 is 17.7 Å². The minimum Gasteiger partial charge on any atom is -0.377 e. The summed E-state index contributed by atoms with van der Waals surface area (Å²) in [5.74, 6) is 0.428. The van der Waals surface area contributed by atoms with Crippen molar-refractivity contribution in [3.8, 4) is 0 Å². The first-order valence-electron chi connectivity index (χ1n) is 11.3. The topological polar surface area (TPSA) is 86.2 Å². The molecule has 4 heterocycles. The third-order valence-corrected chi connectivity index (χ3v) is 7.22. The number of rotatable bonds is 3. The lowest BCUT2D eigenvalue weighted by atomic mass is 9.93. The molecule has 0 aromatic carbocycles. The van der Waals surface area contributed by atoms with Crippen LogP contribution in [-0.4, -0.2) is 94.0 Å². The van der Waals surface area contributed by atoms with Crippen LogP contribution in [0.5, 0.6) is 0 Å². The number of anilines is 1. The van der Waals surface area contributed by atoms with E-state index in [-0.39, 0.29) is 30.0 Å². The van der Waals surface area contributed by atoms with Crippen molar-refractivity contribution in [3.63, 3.8) is 0 Å². The van der Waals surface area contributed by atoms with Gasteiger partial charge < -0.3 is 19.9 Å². The molecule has 1 fully saturated rings. The Kier molecular flexibility index (Phi) is 5.94. The van der Waals surface area contributed by atoms with Gasteiger partial charge in [0.2, 0.25) is 0 Å². The van der Waals surface area contributed by atoms with E-state index in [1.165, 1.54) is 7.11 Å². The SMILES string of the molecule is COCc1ncc(F)c(NC2=NCC3=C2CN(C(=O)N2CC(C)(C)N(C)C[C@@H]2C)C3(C)C)n1. The highest BCUT2D eigenvalue weighted by Crippen LogP contribution is 2.39. The quantitative estimate of drug-likeness (QED) is 0.748. The lowest BCUT2D eigenvalue weighted by Gasteiger charge is -2.50. The first-order chi connectivity index (χ1) is 15.5. The molecule has 2 amide bonds. The highest BCUT2D eigenvalue weighted by molar-refractivity contribution is 6.11. The number of amides is 2. The second-order valence-corrected chi connectivity index (χ2v) is 10.3. The summed E-state index contributed by atoms with van der Waals surface area (Å²) in [5.41, 5.74) is 1.42. The van der Waals surface area contributed by atoms with Crippen molar-refractivity contribution in [2.24, 2.45) is 4.99 Å². The Bertz CT molecular complexity index is 1020. The third kappa shape index (κ3) is 4.10. The number of nitrogens with one attached hydrogen (secondary N) is 1. The third-order valence-electron chi connectivity index (χ3n) is 7.22. The van der Waals surface area contributed by atoms with E-state index < -0.39 is 11.4 Å².